The van der Waals surface area contributed by atoms with Gasteiger partial charge >= 0.3 is 5.69 Å². The number of amides is 2. The van der Waals surface area contributed by atoms with E-state index in [-0.39, 0.29) is 24.0 Å². The van der Waals surface area contributed by atoms with Gasteiger partial charge in [-0.25, -0.2) is 9.78 Å². The van der Waals surface area contributed by atoms with Gasteiger partial charge in [-0.3, -0.25) is 23.5 Å². The third kappa shape index (κ3) is 3.39. The van der Waals surface area contributed by atoms with Gasteiger partial charge in [-0.2, -0.15) is 0 Å². The van der Waals surface area contributed by atoms with E-state index < -0.39 is 17.2 Å². The molecule has 29 heavy (non-hydrogen) atoms. The quantitative estimate of drug-likeness (QED) is 0.698. The van der Waals surface area contributed by atoms with E-state index in [1.54, 1.807) is 12.3 Å². The molecule has 0 spiro atoms. The second-order valence-corrected chi connectivity index (χ2v) is 7.52. The average Bonchev–Trinajstić information content (AvgIpc) is 3.59. The number of nitrogens with zero attached hydrogens (tertiary/aromatic N) is 5. The van der Waals surface area contributed by atoms with Crippen LogP contribution in [-0.4, -0.2) is 64.1 Å². The summed E-state index contributed by atoms with van der Waals surface area (Å²) in [5.41, 5.74) is -0.177. The Bertz CT molecular complexity index is 1090. The van der Waals surface area contributed by atoms with E-state index >= 15 is 0 Å². The number of aromatic nitrogens is 3. The van der Waals surface area contributed by atoms with Crippen LogP contribution in [0.5, 0.6) is 0 Å². The molecule has 1 N–H and O–H groups in total. The molecular weight excluding hydrogens is 376 g/mol. The average molecular weight is 400 g/mol. The van der Waals surface area contributed by atoms with Crippen molar-refractivity contribution < 1.29 is 9.59 Å². The van der Waals surface area contributed by atoms with E-state index in [0.717, 1.165) is 17.4 Å². The van der Waals surface area contributed by atoms with E-state index in [1.165, 1.54) is 18.7 Å². The van der Waals surface area contributed by atoms with Crippen molar-refractivity contribution in [3.8, 4) is 0 Å². The summed E-state index contributed by atoms with van der Waals surface area (Å²) in [6.07, 6.45) is 3.53. The SMILES string of the molecule is CNC(=O)Cn1c(=O)c2c(N3CCN(C(=O)C4CC4)CC3)ccnc2n(C)c1=O. The molecule has 1 aliphatic carbocycles. The highest BCUT2D eigenvalue weighted by molar-refractivity contribution is 5.89. The lowest BCUT2D eigenvalue weighted by molar-refractivity contribution is -0.132. The summed E-state index contributed by atoms with van der Waals surface area (Å²) in [5.74, 6) is -0.0181. The van der Waals surface area contributed by atoms with Gasteiger partial charge in [-0.1, -0.05) is 0 Å². The summed E-state index contributed by atoms with van der Waals surface area (Å²) in [6.45, 7) is 2.02. The van der Waals surface area contributed by atoms with Crippen LogP contribution in [0.1, 0.15) is 12.8 Å². The van der Waals surface area contributed by atoms with Crippen molar-refractivity contribution in [2.75, 3.05) is 38.1 Å². The lowest BCUT2D eigenvalue weighted by Crippen LogP contribution is -2.50. The van der Waals surface area contributed by atoms with Crippen LogP contribution >= 0.6 is 0 Å². The number of aryl methyl sites for hydroxylation is 1. The van der Waals surface area contributed by atoms with E-state index in [4.69, 9.17) is 0 Å². The van der Waals surface area contributed by atoms with Gasteiger partial charge in [0.2, 0.25) is 11.8 Å². The Morgan fingerprint density at radius 3 is 2.48 bits per heavy atom. The molecule has 0 unspecified atom stereocenters. The Morgan fingerprint density at radius 1 is 1.17 bits per heavy atom. The van der Waals surface area contributed by atoms with Gasteiger partial charge in [0.15, 0.2) is 5.65 Å². The Hall–Kier alpha value is -3.17. The molecule has 2 amide bonds. The maximum Gasteiger partial charge on any atom is 0.332 e. The molecule has 3 heterocycles. The second-order valence-electron chi connectivity index (χ2n) is 7.52. The number of likely N-dealkylation sites (N-methyl/N-ethyl adjacent to an activating group) is 1. The zero-order valence-corrected chi connectivity index (χ0v) is 16.6. The standard InChI is InChI=1S/C19H24N6O4/c1-20-14(26)11-25-18(28)15-13(5-6-21-16(15)22(2)19(25)29)23-7-9-24(10-8-23)17(27)12-3-4-12/h5-6,12H,3-4,7-11H2,1-2H3,(H,20,26). The third-order valence-corrected chi connectivity index (χ3v) is 5.64. The summed E-state index contributed by atoms with van der Waals surface area (Å²) in [6, 6.07) is 1.75. The first-order chi connectivity index (χ1) is 13.9. The van der Waals surface area contributed by atoms with Crippen molar-refractivity contribution >= 4 is 28.5 Å². The van der Waals surface area contributed by atoms with Crippen LogP contribution in [0.3, 0.4) is 0 Å². The fourth-order valence-electron chi connectivity index (χ4n) is 3.78. The molecule has 0 radical (unpaired) electrons. The van der Waals surface area contributed by atoms with E-state index in [9.17, 15) is 19.2 Å². The number of hydrogen-bond donors (Lipinski definition) is 1. The van der Waals surface area contributed by atoms with Gasteiger partial charge in [0.25, 0.3) is 5.56 Å². The molecule has 10 heteroatoms. The van der Waals surface area contributed by atoms with Crippen molar-refractivity contribution in [1.29, 1.82) is 0 Å². The van der Waals surface area contributed by atoms with Gasteiger partial charge < -0.3 is 15.1 Å². The Morgan fingerprint density at radius 2 is 1.86 bits per heavy atom. The van der Waals surface area contributed by atoms with Gasteiger partial charge in [-0.15, -0.1) is 0 Å². The monoisotopic (exact) mass is 400 g/mol. The van der Waals surface area contributed by atoms with Gasteiger partial charge in [-0.05, 0) is 18.9 Å². The van der Waals surface area contributed by atoms with Gasteiger partial charge in [0.05, 0.1) is 5.69 Å². The summed E-state index contributed by atoms with van der Waals surface area (Å²) in [4.78, 5) is 58.0. The van der Waals surface area contributed by atoms with Gasteiger partial charge in [0.1, 0.15) is 11.9 Å². The van der Waals surface area contributed by atoms with Crippen LogP contribution < -0.4 is 21.5 Å². The summed E-state index contributed by atoms with van der Waals surface area (Å²) in [7, 11) is 2.99. The largest absolute Gasteiger partial charge is 0.367 e. The molecule has 2 aromatic heterocycles. The van der Waals surface area contributed by atoms with Crippen molar-refractivity contribution in [1.82, 2.24) is 24.3 Å². The highest BCUT2D eigenvalue weighted by atomic mass is 16.2. The molecule has 2 fully saturated rings. The van der Waals surface area contributed by atoms with Crippen molar-refractivity contribution in [2.45, 2.75) is 19.4 Å². The number of carbonyl (C=O) groups excluding carboxylic acids is 2. The minimum Gasteiger partial charge on any atom is -0.367 e. The van der Waals surface area contributed by atoms with Crippen molar-refractivity contribution in [2.24, 2.45) is 13.0 Å². The molecule has 0 atom stereocenters. The number of piperazine rings is 1. The summed E-state index contributed by atoms with van der Waals surface area (Å²) in [5, 5.41) is 2.74. The maximum atomic E-state index is 13.1. The number of anilines is 1. The zero-order valence-electron chi connectivity index (χ0n) is 16.6. The predicted molar refractivity (Wildman–Crippen MR) is 107 cm³/mol. The van der Waals surface area contributed by atoms with Crippen molar-refractivity contribution in [3.05, 3.63) is 33.1 Å². The highest BCUT2D eigenvalue weighted by Gasteiger charge is 2.35. The number of rotatable bonds is 4. The molecule has 154 valence electrons. The minimum atomic E-state index is -0.587. The van der Waals surface area contributed by atoms with E-state index in [2.05, 4.69) is 10.3 Å². The molecule has 0 aromatic carbocycles. The lowest BCUT2D eigenvalue weighted by atomic mass is 10.2. The molecule has 10 nitrogen and oxygen atoms in total. The fraction of sp³-hybridized carbons (Fsp3) is 0.526. The van der Waals surface area contributed by atoms with Crippen molar-refractivity contribution in [3.63, 3.8) is 0 Å². The predicted octanol–water partition coefficient (Wildman–Crippen LogP) is -1.10. The van der Waals surface area contributed by atoms with Crippen LogP contribution in [0.25, 0.3) is 11.0 Å². The first-order valence-corrected chi connectivity index (χ1v) is 9.75. The van der Waals surface area contributed by atoms with Crippen LogP contribution in [0.4, 0.5) is 5.69 Å². The molecule has 1 saturated heterocycles. The summed E-state index contributed by atoms with van der Waals surface area (Å²) >= 11 is 0. The lowest BCUT2D eigenvalue weighted by Gasteiger charge is -2.36. The fourth-order valence-corrected chi connectivity index (χ4v) is 3.78. The number of nitrogens with one attached hydrogen (secondary N) is 1. The Balaban J connectivity index is 1.72. The first kappa shape index (κ1) is 19.2. The van der Waals surface area contributed by atoms with E-state index in [1.807, 2.05) is 9.80 Å². The molecule has 2 aromatic rings. The number of pyridine rings is 1. The molecular formula is C19H24N6O4. The molecule has 1 saturated carbocycles. The minimum absolute atomic E-state index is 0.190. The Labute approximate surface area is 166 Å². The van der Waals surface area contributed by atoms with Gasteiger partial charge in [0, 0.05) is 52.4 Å². The van der Waals surface area contributed by atoms with Crippen LogP contribution in [0, 0.1) is 5.92 Å². The Kier molecular flexibility index (Phi) is 4.85. The number of carbonyl (C=O) groups is 2. The third-order valence-electron chi connectivity index (χ3n) is 5.64. The summed E-state index contributed by atoms with van der Waals surface area (Å²) < 4.78 is 2.22. The maximum absolute atomic E-state index is 13.1. The normalized spacial score (nSPS) is 16.9. The van der Waals surface area contributed by atoms with Crippen LogP contribution in [-0.2, 0) is 23.2 Å². The van der Waals surface area contributed by atoms with Crippen LogP contribution in [0.2, 0.25) is 0 Å². The second kappa shape index (κ2) is 7.34. The topological polar surface area (TPSA) is 110 Å². The molecule has 1 aliphatic heterocycles. The molecule has 2 aliphatic rings. The number of fused-ring (bicyclic) bond motifs is 1. The van der Waals surface area contributed by atoms with E-state index in [0.29, 0.717) is 37.3 Å². The molecule has 0 bridgehead atoms. The smallest absolute Gasteiger partial charge is 0.332 e. The molecule has 4 rings (SSSR count). The zero-order chi connectivity index (χ0) is 20.7. The number of hydrogen-bond acceptors (Lipinski definition) is 6. The highest BCUT2D eigenvalue weighted by Crippen LogP contribution is 2.31. The first-order valence-electron chi connectivity index (χ1n) is 9.75. The van der Waals surface area contributed by atoms with Crippen LogP contribution in [0.15, 0.2) is 21.9 Å².